The predicted molar refractivity (Wildman–Crippen MR) is 50.4 cm³/mol. The van der Waals surface area contributed by atoms with Crippen LogP contribution in [0.15, 0.2) is 0 Å². The Bertz CT molecular complexity index is 301. The van der Waals surface area contributed by atoms with Gasteiger partial charge in [0.15, 0.2) is 6.29 Å². The summed E-state index contributed by atoms with van der Waals surface area (Å²) in [5.41, 5.74) is 0. The van der Waals surface area contributed by atoms with E-state index >= 15 is 0 Å². The topological polar surface area (TPSA) is 169 Å². The maximum atomic E-state index is 11.0. The van der Waals surface area contributed by atoms with Crippen molar-refractivity contribution in [2.24, 2.45) is 0 Å². The standard InChI is InChI=1S/C6H14NO9P/c8-1-2-4(9)5(10)3(6(11)15-2)7-17(13,14)16-12/h2-6,8-12H,1H2,(H2,7,13,14)/t2?,3-,4-,5?,6?/m0/s1. The molecule has 1 aliphatic heterocycles. The molecule has 7 N–H and O–H groups in total. The zero-order valence-electron chi connectivity index (χ0n) is 8.45. The first-order chi connectivity index (χ1) is 7.82. The number of nitrogens with one attached hydrogen (secondary N) is 1. The average molecular weight is 275 g/mol. The van der Waals surface area contributed by atoms with Crippen LogP contribution in [0.3, 0.4) is 0 Å². The van der Waals surface area contributed by atoms with Gasteiger partial charge in [-0.3, -0.25) is 0 Å². The summed E-state index contributed by atoms with van der Waals surface area (Å²) >= 11 is 0. The SMILES string of the molecule is O=P(O)(N[C@@H]1C(O)OC(CO)[C@H](O)C1O)OO. The Labute approximate surface area is 95.5 Å². The van der Waals surface area contributed by atoms with Crippen LogP contribution in [0.4, 0.5) is 0 Å². The fraction of sp³-hybridized carbons (Fsp3) is 1.00. The number of aliphatic hydroxyl groups excluding tert-OH is 4. The van der Waals surface area contributed by atoms with Gasteiger partial charge >= 0.3 is 7.75 Å². The molecule has 0 bridgehead atoms. The first-order valence-electron chi connectivity index (χ1n) is 4.56. The first-order valence-corrected chi connectivity index (χ1v) is 6.14. The zero-order valence-corrected chi connectivity index (χ0v) is 9.34. The maximum Gasteiger partial charge on any atom is 0.430 e. The van der Waals surface area contributed by atoms with E-state index in [4.69, 9.17) is 15.3 Å². The van der Waals surface area contributed by atoms with Crippen LogP contribution in [0.2, 0.25) is 0 Å². The van der Waals surface area contributed by atoms with Crippen molar-refractivity contribution in [3.8, 4) is 0 Å². The van der Waals surface area contributed by atoms with Gasteiger partial charge in [0.05, 0.1) is 12.6 Å². The number of aliphatic hydroxyl groups is 4. The average Bonchev–Trinajstić information content (AvgIpc) is 2.29. The van der Waals surface area contributed by atoms with E-state index in [-0.39, 0.29) is 0 Å². The monoisotopic (exact) mass is 275 g/mol. The van der Waals surface area contributed by atoms with Crippen molar-refractivity contribution in [2.45, 2.75) is 30.6 Å². The maximum absolute atomic E-state index is 11.0. The lowest BCUT2D eigenvalue weighted by Crippen LogP contribution is -2.62. The number of hydrogen-bond donors (Lipinski definition) is 7. The molecule has 1 rings (SSSR count). The molecule has 0 amide bonds. The zero-order chi connectivity index (χ0) is 13.2. The molecule has 1 fully saturated rings. The van der Waals surface area contributed by atoms with E-state index in [1.807, 2.05) is 0 Å². The third-order valence-electron chi connectivity index (χ3n) is 2.32. The Morgan fingerprint density at radius 3 is 2.35 bits per heavy atom. The van der Waals surface area contributed by atoms with Crippen LogP contribution in [0.25, 0.3) is 0 Å². The fourth-order valence-electron chi connectivity index (χ4n) is 1.45. The number of ether oxygens (including phenoxy) is 1. The summed E-state index contributed by atoms with van der Waals surface area (Å²) in [6.07, 6.45) is -6.29. The predicted octanol–water partition coefficient (Wildman–Crippen LogP) is -3.03. The van der Waals surface area contributed by atoms with Gasteiger partial charge in [-0.25, -0.2) is 14.9 Å². The third kappa shape index (κ3) is 3.42. The summed E-state index contributed by atoms with van der Waals surface area (Å²) in [5.74, 6) is 0. The van der Waals surface area contributed by atoms with Crippen LogP contribution in [0, 0.1) is 0 Å². The molecule has 0 aromatic heterocycles. The molecule has 11 heteroatoms. The molecule has 102 valence electrons. The molecular weight excluding hydrogens is 261 g/mol. The van der Waals surface area contributed by atoms with Gasteiger partial charge < -0.3 is 30.1 Å². The van der Waals surface area contributed by atoms with E-state index < -0.39 is 45.0 Å². The molecule has 4 unspecified atom stereocenters. The molecule has 17 heavy (non-hydrogen) atoms. The van der Waals surface area contributed by atoms with E-state index in [1.54, 1.807) is 5.09 Å². The van der Waals surface area contributed by atoms with E-state index in [0.717, 1.165) is 0 Å². The van der Waals surface area contributed by atoms with Crippen LogP contribution in [0.1, 0.15) is 0 Å². The molecule has 1 aliphatic rings. The highest BCUT2D eigenvalue weighted by Gasteiger charge is 2.46. The van der Waals surface area contributed by atoms with Crippen LogP contribution in [-0.2, 0) is 14.0 Å². The van der Waals surface area contributed by atoms with Gasteiger partial charge in [-0.05, 0) is 0 Å². The van der Waals surface area contributed by atoms with Gasteiger partial charge in [0, 0.05) is 0 Å². The van der Waals surface area contributed by atoms with Crippen molar-refractivity contribution in [3.63, 3.8) is 0 Å². The quantitative estimate of drug-likeness (QED) is 0.159. The van der Waals surface area contributed by atoms with Gasteiger partial charge in [-0.1, -0.05) is 0 Å². The third-order valence-corrected chi connectivity index (χ3v) is 3.17. The van der Waals surface area contributed by atoms with Crippen molar-refractivity contribution in [3.05, 3.63) is 0 Å². The Balaban J connectivity index is 2.76. The number of hydrogen-bond acceptors (Lipinski definition) is 8. The Kier molecular flexibility index (Phi) is 4.98. The van der Waals surface area contributed by atoms with E-state index in [1.165, 1.54) is 0 Å². The van der Waals surface area contributed by atoms with E-state index in [9.17, 15) is 19.9 Å². The van der Waals surface area contributed by atoms with Crippen LogP contribution in [0.5, 0.6) is 0 Å². The van der Waals surface area contributed by atoms with Gasteiger partial charge in [-0.15, -0.1) is 4.67 Å². The summed E-state index contributed by atoms with van der Waals surface area (Å²) in [7, 11) is -4.64. The summed E-state index contributed by atoms with van der Waals surface area (Å²) in [6.45, 7) is -0.657. The van der Waals surface area contributed by atoms with Crippen LogP contribution < -0.4 is 5.09 Å². The van der Waals surface area contributed by atoms with Crippen molar-refractivity contribution < 1.29 is 44.6 Å². The van der Waals surface area contributed by atoms with Crippen molar-refractivity contribution >= 4 is 7.75 Å². The molecule has 0 aliphatic carbocycles. The van der Waals surface area contributed by atoms with Gasteiger partial charge in [0.2, 0.25) is 0 Å². The minimum Gasteiger partial charge on any atom is -0.394 e. The van der Waals surface area contributed by atoms with Gasteiger partial charge in [0.25, 0.3) is 0 Å². The second-order valence-corrected chi connectivity index (χ2v) is 4.95. The highest BCUT2D eigenvalue weighted by atomic mass is 31.2. The van der Waals surface area contributed by atoms with Crippen molar-refractivity contribution in [2.75, 3.05) is 6.61 Å². The highest BCUT2D eigenvalue weighted by molar-refractivity contribution is 7.50. The lowest BCUT2D eigenvalue weighted by atomic mass is 9.98. The summed E-state index contributed by atoms with van der Waals surface area (Å²) in [4.78, 5) is 8.88. The Morgan fingerprint density at radius 2 is 1.88 bits per heavy atom. The van der Waals surface area contributed by atoms with Gasteiger partial charge in [0.1, 0.15) is 18.3 Å². The van der Waals surface area contributed by atoms with E-state index in [0.29, 0.717) is 0 Å². The fourth-order valence-corrected chi connectivity index (χ4v) is 2.15. The molecule has 1 heterocycles. The van der Waals surface area contributed by atoms with E-state index in [2.05, 4.69) is 9.41 Å². The second-order valence-electron chi connectivity index (χ2n) is 3.49. The molecule has 0 spiro atoms. The Hall–Kier alpha value is -0.130. The molecule has 0 saturated carbocycles. The molecule has 0 aromatic carbocycles. The largest absolute Gasteiger partial charge is 0.430 e. The van der Waals surface area contributed by atoms with Gasteiger partial charge in [-0.2, -0.15) is 0 Å². The van der Waals surface area contributed by atoms with Crippen LogP contribution >= 0.6 is 7.75 Å². The molecule has 0 radical (unpaired) electrons. The second kappa shape index (κ2) is 5.67. The van der Waals surface area contributed by atoms with Crippen LogP contribution in [-0.4, -0.2) is 67.8 Å². The minimum absolute atomic E-state index is 0.657. The smallest absolute Gasteiger partial charge is 0.394 e. The normalized spacial score (nSPS) is 42.1. The highest BCUT2D eigenvalue weighted by Crippen LogP contribution is 2.38. The molecular formula is C6H14NO9P. The molecule has 6 atom stereocenters. The lowest BCUT2D eigenvalue weighted by molar-refractivity contribution is -0.253. The Morgan fingerprint density at radius 1 is 1.29 bits per heavy atom. The first kappa shape index (κ1) is 14.9. The minimum atomic E-state index is -4.64. The number of rotatable bonds is 4. The molecule has 1 saturated heterocycles. The molecule has 0 aromatic rings. The van der Waals surface area contributed by atoms with Crippen molar-refractivity contribution in [1.29, 1.82) is 0 Å². The lowest BCUT2D eigenvalue weighted by Gasteiger charge is -2.40. The summed E-state index contributed by atoms with van der Waals surface area (Å²) in [5, 5.41) is 46.9. The summed E-state index contributed by atoms with van der Waals surface area (Å²) in [6, 6.07) is -1.57. The summed E-state index contributed by atoms with van der Waals surface area (Å²) < 4.78 is 18.9. The molecule has 10 nitrogen and oxygen atoms in total. The van der Waals surface area contributed by atoms with Crippen molar-refractivity contribution in [1.82, 2.24) is 5.09 Å².